The molecule has 29 heavy (non-hydrogen) atoms. The van der Waals surface area contributed by atoms with E-state index in [1.54, 1.807) is 6.92 Å². The Bertz CT molecular complexity index is 1180. The molecule has 0 spiro atoms. The number of aromatic nitrogens is 2. The summed E-state index contributed by atoms with van der Waals surface area (Å²) < 4.78 is 2.30. The van der Waals surface area contributed by atoms with Crippen LogP contribution in [0.5, 0.6) is 0 Å². The molecule has 1 amide bonds. The van der Waals surface area contributed by atoms with E-state index in [1.807, 2.05) is 6.07 Å². The van der Waals surface area contributed by atoms with Crippen LogP contribution in [0.2, 0.25) is 0 Å². The van der Waals surface area contributed by atoms with E-state index in [9.17, 15) is 4.79 Å². The van der Waals surface area contributed by atoms with Crippen molar-refractivity contribution in [1.82, 2.24) is 14.9 Å². The Morgan fingerprint density at radius 3 is 2.66 bits per heavy atom. The van der Waals surface area contributed by atoms with E-state index in [0.717, 1.165) is 36.2 Å². The molecule has 3 aromatic carbocycles. The highest BCUT2D eigenvalue weighted by atomic mass is 16.1. The van der Waals surface area contributed by atoms with Crippen LogP contribution in [0.15, 0.2) is 78.9 Å². The van der Waals surface area contributed by atoms with E-state index >= 15 is 0 Å². The lowest BCUT2D eigenvalue weighted by atomic mass is 10.0. The first-order valence-corrected chi connectivity index (χ1v) is 9.98. The molecule has 0 unspecified atom stereocenters. The van der Waals surface area contributed by atoms with Gasteiger partial charge in [0, 0.05) is 25.1 Å². The molecular formula is C25H25N3O. The second kappa shape index (κ2) is 8.31. The van der Waals surface area contributed by atoms with Gasteiger partial charge in [-0.25, -0.2) is 4.98 Å². The number of nitrogens with one attached hydrogen (secondary N) is 1. The van der Waals surface area contributed by atoms with Gasteiger partial charge in [-0.1, -0.05) is 61.2 Å². The van der Waals surface area contributed by atoms with E-state index in [2.05, 4.69) is 77.1 Å². The van der Waals surface area contributed by atoms with Crippen LogP contribution in [-0.2, 0) is 17.8 Å². The molecule has 0 atom stereocenters. The third-order valence-corrected chi connectivity index (χ3v) is 5.19. The van der Waals surface area contributed by atoms with Crippen LogP contribution in [-0.4, -0.2) is 22.0 Å². The van der Waals surface area contributed by atoms with Crippen LogP contribution >= 0.6 is 0 Å². The molecule has 4 nitrogen and oxygen atoms in total. The van der Waals surface area contributed by atoms with Crippen LogP contribution in [0, 0.1) is 0 Å². The SMILES string of the molecule is C=C(C)C(=O)NCCCc1nc2ccccc2n1Cc1cccc2ccccc12. The van der Waals surface area contributed by atoms with Crippen molar-refractivity contribution in [2.75, 3.05) is 6.54 Å². The molecule has 146 valence electrons. The van der Waals surface area contributed by atoms with Crippen LogP contribution in [0.3, 0.4) is 0 Å². The molecule has 1 heterocycles. The first kappa shape index (κ1) is 18.9. The number of carbonyl (C=O) groups excluding carboxylic acids is 1. The Morgan fingerprint density at radius 2 is 1.79 bits per heavy atom. The maximum atomic E-state index is 11.7. The summed E-state index contributed by atoms with van der Waals surface area (Å²) in [6.45, 7) is 6.79. The Kier molecular flexibility index (Phi) is 5.43. The normalized spacial score (nSPS) is 11.1. The number of aryl methyl sites for hydroxylation is 1. The highest BCUT2D eigenvalue weighted by Crippen LogP contribution is 2.23. The maximum absolute atomic E-state index is 11.7. The molecule has 4 heteroatoms. The van der Waals surface area contributed by atoms with Crippen LogP contribution in [0.25, 0.3) is 21.8 Å². The number of nitrogens with zero attached hydrogens (tertiary/aromatic N) is 2. The summed E-state index contributed by atoms with van der Waals surface area (Å²) in [6, 6.07) is 23.2. The topological polar surface area (TPSA) is 46.9 Å². The van der Waals surface area contributed by atoms with E-state index in [0.29, 0.717) is 12.1 Å². The zero-order chi connectivity index (χ0) is 20.2. The largest absolute Gasteiger partial charge is 0.352 e. The van der Waals surface area contributed by atoms with Gasteiger partial charge in [0.1, 0.15) is 5.82 Å². The van der Waals surface area contributed by atoms with E-state index in [-0.39, 0.29) is 5.91 Å². The summed E-state index contributed by atoms with van der Waals surface area (Å²) in [4.78, 5) is 16.6. The fourth-order valence-corrected chi connectivity index (χ4v) is 3.69. The fourth-order valence-electron chi connectivity index (χ4n) is 3.69. The van der Waals surface area contributed by atoms with Crippen molar-refractivity contribution in [2.45, 2.75) is 26.3 Å². The van der Waals surface area contributed by atoms with Crippen LogP contribution < -0.4 is 5.32 Å². The summed E-state index contributed by atoms with van der Waals surface area (Å²) in [7, 11) is 0. The van der Waals surface area contributed by atoms with Crippen molar-refractivity contribution >= 4 is 27.7 Å². The van der Waals surface area contributed by atoms with Crippen molar-refractivity contribution in [3.05, 3.63) is 90.3 Å². The summed E-state index contributed by atoms with van der Waals surface area (Å²) in [5.41, 5.74) is 3.96. The van der Waals surface area contributed by atoms with Crippen molar-refractivity contribution in [2.24, 2.45) is 0 Å². The Hall–Kier alpha value is -3.40. The lowest BCUT2D eigenvalue weighted by molar-refractivity contribution is -0.117. The fraction of sp³-hybridized carbons (Fsp3) is 0.200. The number of amides is 1. The van der Waals surface area contributed by atoms with Gasteiger partial charge in [0.25, 0.3) is 0 Å². The summed E-state index contributed by atoms with van der Waals surface area (Å²) in [5.74, 6) is 0.956. The average Bonchev–Trinajstić information content (AvgIpc) is 3.08. The van der Waals surface area contributed by atoms with Crippen LogP contribution in [0.4, 0.5) is 0 Å². The summed E-state index contributed by atoms with van der Waals surface area (Å²) >= 11 is 0. The Morgan fingerprint density at radius 1 is 1.03 bits per heavy atom. The molecule has 0 fully saturated rings. The van der Waals surface area contributed by atoms with Crippen molar-refractivity contribution in [1.29, 1.82) is 0 Å². The second-order valence-electron chi connectivity index (χ2n) is 7.38. The minimum absolute atomic E-state index is 0.0886. The number of rotatable bonds is 7. The molecule has 0 bridgehead atoms. The van der Waals surface area contributed by atoms with Gasteiger partial charge < -0.3 is 9.88 Å². The molecule has 0 radical (unpaired) electrons. The Balaban J connectivity index is 1.61. The zero-order valence-electron chi connectivity index (χ0n) is 16.7. The van der Waals surface area contributed by atoms with E-state index in [4.69, 9.17) is 4.98 Å². The molecule has 0 aliphatic rings. The van der Waals surface area contributed by atoms with Gasteiger partial charge in [-0.15, -0.1) is 0 Å². The predicted molar refractivity (Wildman–Crippen MR) is 119 cm³/mol. The third-order valence-electron chi connectivity index (χ3n) is 5.19. The minimum Gasteiger partial charge on any atom is -0.352 e. The summed E-state index contributed by atoms with van der Waals surface area (Å²) in [6.07, 6.45) is 1.63. The number of hydrogen-bond donors (Lipinski definition) is 1. The zero-order valence-corrected chi connectivity index (χ0v) is 16.7. The molecular weight excluding hydrogens is 358 g/mol. The lowest BCUT2D eigenvalue weighted by Gasteiger charge is -2.12. The van der Waals surface area contributed by atoms with Gasteiger partial charge >= 0.3 is 0 Å². The molecule has 0 saturated carbocycles. The first-order valence-electron chi connectivity index (χ1n) is 9.98. The molecule has 0 aliphatic carbocycles. The lowest BCUT2D eigenvalue weighted by Crippen LogP contribution is -2.25. The highest BCUT2D eigenvalue weighted by Gasteiger charge is 2.12. The number of carbonyl (C=O) groups is 1. The first-order chi connectivity index (χ1) is 14.1. The number of imidazole rings is 1. The van der Waals surface area contributed by atoms with Crippen molar-refractivity contribution in [3.63, 3.8) is 0 Å². The van der Waals surface area contributed by atoms with Gasteiger partial charge in [0.05, 0.1) is 11.0 Å². The molecule has 1 N–H and O–H groups in total. The standard InChI is InChI=1S/C25H25N3O/c1-18(2)25(29)26-16-8-15-24-27-22-13-5-6-14-23(22)28(24)17-20-11-7-10-19-9-3-4-12-21(19)20/h3-7,9-14H,1,8,15-17H2,2H3,(H,26,29). The molecule has 0 aliphatic heterocycles. The molecule has 4 rings (SSSR count). The third kappa shape index (κ3) is 4.06. The number of para-hydroxylation sites is 2. The number of hydrogen-bond acceptors (Lipinski definition) is 2. The second-order valence-corrected chi connectivity index (χ2v) is 7.38. The highest BCUT2D eigenvalue weighted by molar-refractivity contribution is 5.92. The van der Waals surface area contributed by atoms with Gasteiger partial charge in [-0.2, -0.15) is 0 Å². The van der Waals surface area contributed by atoms with Gasteiger partial charge in [-0.3, -0.25) is 4.79 Å². The van der Waals surface area contributed by atoms with Gasteiger partial charge in [0.15, 0.2) is 0 Å². The maximum Gasteiger partial charge on any atom is 0.246 e. The van der Waals surface area contributed by atoms with Gasteiger partial charge in [-0.05, 0) is 41.8 Å². The Labute approximate surface area is 170 Å². The molecule has 4 aromatic rings. The summed E-state index contributed by atoms with van der Waals surface area (Å²) in [5, 5.41) is 5.42. The number of fused-ring (bicyclic) bond motifs is 2. The van der Waals surface area contributed by atoms with Crippen LogP contribution in [0.1, 0.15) is 24.7 Å². The molecule has 0 saturated heterocycles. The monoisotopic (exact) mass is 383 g/mol. The quantitative estimate of drug-likeness (QED) is 0.366. The predicted octanol–water partition coefficient (Wildman–Crippen LogP) is 4.86. The van der Waals surface area contributed by atoms with Crippen molar-refractivity contribution in [3.8, 4) is 0 Å². The van der Waals surface area contributed by atoms with E-state index < -0.39 is 0 Å². The smallest absolute Gasteiger partial charge is 0.246 e. The minimum atomic E-state index is -0.0886. The van der Waals surface area contributed by atoms with E-state index in [1.165, 1.54) is 16.3 Å². The van der Waals surface area contributed by atoms with Crippen molar-refractivity contribution < 1.29 is 4.79 Å². The van der Waals surface area contributed by atoms with Gasteiger partial charge in [0.2, 0.25) is 5.91 Å². The average molecular weight is 383 g/mol. The number of benzene rings is 3. The molecule has 1 aromatic heterocycles.